The van der Waals surface area contributed by atoms with Crippen LogP contribution in [0.25, 0.3) is 0 Å². The van der Waals surface area contributed by atoms with Crippen molar-refractivity contribution in [3.8, 4) is 17.2 Å². The third-order valence-corrected chi connectivity index (χ3v) is 4.87. The normalized spacial score (nSPS) is 10.4. The number of aromatic nitrogens is 3. The zero-order valence-corrected chi connectivity index (χ0v) is 18.2. The molecule has 0 saturated carbocycles. The zero-order chi connectivity index (χ0) is 21.7. The van der Waals surface area contributed by atoms with Gasteiger partial charge in [-0.1, -0.05) is 0 Å². The summed E-state index contributed by atoms with van der Waals surface area (Å²) in [6.45, 7) is 4.06. The Bertz CT molecular complexity index is 1010. The van der Waals surface area contributed by atoms with E-state index in [0.29, 0.717) is 34.0 Å². The van der Waals surface area contributed by atoms with Crippen molar-refractivity contribution in [2.75, 3.05) is 26.6 Å². The Morgan fingerprint density at radius 3 is 2.17 bits per heavy atom. The number of hydrogen-bond acceptors (Lipinski definition) is 9. The minimum absolute atomic E-state index is 0.274. The van der Waals surface area contributed by atoms with Crippen LogP contribution in [0.15, 0.2) is 23.6 Å². The Balaban J connectivity index is 1.67. The molecule has 0 radical (unpaired) electrons. The van der Waals surface area contributed by atoms with E-state index in [1.54, 1.807) is 38.8 Å². The maximum absolute atomic E-state index is 12.5. The van der Waals surface area contributed by atoms with E-state index in [1.165, 1.54) is 11.3 Å². The van der Waals surface area contributed by atoms with Crippen molar-refractivity contribution in [2.24, 2.45) is 0 Å². The van der Waals surface area contributed by atoms with Crippen LogP contribution in [0, 0.1) is 13.8 Å². The SMILES string of the molecule is COc1cc(CNC(=O)c2csc(Nc3nc(C)cc(C)n3)n2)cc(OC)c1OC. The largest absolute Gasteiger partial charge is 0.493 e. The lowest BCUT2D eigenvalue weighted by molar-refractivity contribution is 0.0946. The quantitative estimate of drug-likeness (QED) is 0.562. The second kappa shape index (κ2) is 9.40. The summed E-state index contributed by atoms with van der Waals surface area (Å²) in [5.74, 6) is 1.70. The molecule has 0 spiro atoms. The molecule has 0 aliphatic carbocycles. The molecule has 0 unspecified atom stereocenters. The number of anilines is 2. The van der Waals surface area contributed by atoms with E-state index in [9.17, 15) is 4.79 Å². The highest BCUT2D eigenvalue weighted by molar-refractivity contribution is 7.14. The minimum atomic E-state index is -0.297. The number of amides is 1. The number of carbonyl (C=O) groups excluding carboxylic acids is 1. The summed E-state index contributed by atoms with van der Waals surface area (Å²) >= 11 is 1.30. The number of ether oxygens (including phenoxy) is 3. The van der Waals surface area contributed by atoms with Crippen LogP contribution >= 0.6 is 11.3 Å². The average molecular weight is 430 g/mol. The number of rotatable bonds is 8. The predicted octanol–water partition coefficient (Wildman–Crippen LogP) is 3.25. The molecule has 3 rings (SSSR count). The van der Waals surface area contributed by atoms with Gasteiger partial charge in [0.15, 0.2) is 16.6 Å². The Labute approximate surface area is 178 Å². The Morgan fingerprint density at radius 2 is 1.60 bits per heavy atom. The summed E-state index contributed by atoms with van der Waals surface area (Å²) in [6, 6.07) is 5.45. The van der Waals surface area contributed by atoms with Gasteiger partial charge in [-0.2, -0.15) is 0 Å². The molecule has 2 N–H and O–H groups in total. The topological polar surface area (TPSA) is 107 Å². The summed E-state index contributed by atoms with van der Waals surface area (Å²) in [5, 5.41) is 8.10. The minimum Gasteiger partial charge on any atom is -0.493 e. The molecule has 0 fully saturated rings. The maximum Gasteiger partial charge on any atom is 0.271 e. The summed E-state index contributed by atoms with van der Waals surface area (Å²) in [6.07, 6.45) is 0. The number of nitrogens with zero attached hydrogens (tertiary/aromatic N) is 3. The first kappa shape index (κ1) is 21.3. The molecule has 0 aliphatic rings. The number of methoxy groups -OCH3 is 3. The number of aryl methyl sites for hydroxylation is 2. The van der Waals surface area contributed by atoms with Gasteiger partial charge >= 0.3 is 0 Å². The van der Waals surface area contributed by atoms with Crippen LogP contribution in [0.1, 0.15) is 27.4 Å². The predicted molar refractivity (Wildman–Crippen MR) is 114 cm³/mol. The van der Waals surface area contributed by atoms with E-state index in [2.05, 4.69) is 25.6 Å². The van der Waals surface area contributed by atoms with E-state index in [1.807, 2.05) is 19.9 Å². The smallest absolute Gasteiger partial charge is 0.271 e. The van der Waals surface area contributed by atoms with Gasteiger partial charge < -0.3 is 24.8 Å². The van der Waals surface area contributed by atoms with E-state index in [0.717, 1.165) is 17.0 Å². The first-order chi connectivity index (χ1) is 14.4. The van der Waals surface area contributed by atoms with Crippen LogP contribution in [0.5, 0.6) is 17.2 Å². The second-order valence-electron chi connectivity index (χ2n) is 6.35. The maximum atomic E-state index is 12.5. The van der Waals surface area contributed by atoms with Gasteiger partial charge in [-0.3, -0.25) is 4.79 Å². The Hall–Kier alpha value is -3.40. The highest BCUT2D eigenvalue weighted by Gasteiger charge is 2.15. The van der Waals surface area contributed by atoms with E-state index >= 15 is 0 Å². The fraction of sp³-hybridized carbons (Fsp3) is 0.300. The molecule has 0 bridgehead atoms. The van der Waals surface area contributed by atoms with Crippen LogP contribution in [0.4, 0.5) is 11.1 Å². The molecule has 0 saturated heterocycles. The molecule has 2 heterocycles. The van der Waals surface area contributed by atoms with Crippen molar-refractivity contribution < 1.29 is 19.0 Å². The van der Waals surface area contributed by atoms with Crippen LogP contribution < -0.4 is 24.8 Å². The van der Waals surface area contributed by atoms with Crippen molar-refractivity contribution in [3.63, 3.8) is 0 Å². The van der Waals surface area contributed by atoms with Gasteiger partial charge in [-0.25, -0.2) is 15.0 Å². The molecular weight excluding hydrogens is 406 g/mol. The van der Waals surface area contributed by atoms with Gasteiger partial charge in [-0.15, -0.1) is 11.3 Å². The molecular formula is C20H23N5O4S. The molecule has 0 atom stereocenters. The van der Waals surface area contributed by atoms with Crippen molar-refractivity contribution in [1.29, 1.82) is 0 Å². The van der Waals surface area contributed by atoms with E-state index in [-0.39, 0.29) is 12.5 Å². The van der Waals surface area contributed by atoms with Gasteiger partial charge in [0.2, 0.25) is 11.7 Å². The molecule has 3 aromatic rings. The first-order valence-corrected chi connectivity index (χ1v) is 9.93. The summed E-state index contributed by atoms with van der Waals surface area (Å²) in [5.41, 5.74) is 2.81. The number of carbonyl (C=O) groups is 1. The van der Waals surface area contributed by atoms with Crippen LogP contribution in [0.2, 0.25) is 0 Å². The zero-order valence-electron chi connectivity index (χ0n) is 17.4. The van der Waals surface area contributed by atoms with Gasteiger partial charge in [0.1, 0.15) is 5.69 Å². The molecule has 2 aromatic heterocycles. The lowest BCUT2D eigenvalue weighted by Crippen LogP contribution is -2.23. The Morgan fingerprint density at radius 1 is 0.967 bits per heavy atom. The van der Waals surface area contributed by atoms with Crippen LogP contribution in [0.3, 0.4) is 0 Å². The van der Waals surface area contributed by atoms with Crippen molar-refractivity contribution in [1.82, 2.24) is 20.3 Å². The molecule has 158 valence electrons. The molecule has 30 heavy (non-hydrogen) atoms. The number of thiazole rings is 1. The van der Waals surface area contributed by atoms with Crippen LogP contribution in [-0.4, -0.2) is 42.2 Å². The second-order valence-corrected chi connectivity index (χ2v) is 7.21. The third kappa shape index (κ3) is 4.95. The molecule has 9 nitrogen and oxygen atoms in total. The first-order valence-electron chi connectivity index (χ1n) is 9.05. The van der Waals surface area contributed by atoms with E-state index < -0.39 is 0 Å². The highest BCUT2D eigenvalue weighted by atomic mass is 32.1. The van der Waals surface area contributed by atoms with Gasteiger partial charge in [-0.05, 0) is 37.6 Å². The van der Waals surface area contributed by atoms with Gasteiger partial charge in [0.25, 0.3) is 5.91 Å². The van der Waals surface area contributed by atoms with Crippen molar-refractivity contribution in [3.05, 3.63) is 46.2 Å². The summed E-state index contributed by atoms with van der Waals surface area (Å²) < 4.78 is 16.0. The molecule has 0 aliphatic heterocycles. The Kier molecular flexibility index (Phi) is 6.68. The lowest BCUT2D eigenvalue weighted by Gasteiger charge is -2.14. The monoisotopic (exact) mass is 429 g/mol. The lowest BCUT2D eigenvalue weighted by atomic mass is 10.1. The average Bonchev–Trinajstić information content (AvgIpc) is 3.18. The standard InChI is InChI=1S/C20H23N5O4S/c1-11-6-12(2)23-19(22-11)25-20-24-14(10-30-20)18(26)21-9-13-7-15(27-3)17(29-5)16(8-13)28-4/h6-8,10H,9H2,1-5H3,(H,21,26)(H,22,23,24,25). The van der Waals surface area contributed by atoms with Crippen molar-refractivity contribution in [2.45, 2.75) is 20.4 Å². The summed E-state index contributed by atoms with van der Waals surface area (Å²) in [4.78, 5) is 25.5. The molecule has 1 amide bonds. The highest BCUT2D eigenvalue weighted by Crippen LogP contribution is 2.38. The number of benzene rings is 1. The molecule has 1 aromatic carbocycles. The number of hydrogen-bond donors (Lipinski definition) is 2. The number of nitrogens with one attached hydrogen (secondary N) is 2. The van der Waals surface area contributed by atoms with Gasteiger partial charge in [0.05, 0.1) is 21.3 Å². The van der Waals surface area contributed by atoms with Gasteiger partial charge in [0, 0.05) is 23.3 Å². The fourth-order valence-corrected chi connectivity index (χ4v) is 3.51. The fourth-order valence-electron chi connectivity index (χ4n) is 2.82. The summed E-state index contributed by atoms with van der Waals surface area (Å²) in [7, 11) is 4.63. The molecule has 10 heteroatoms. The van der Waals surface area contributed by atoms with E-state index in [4.69, 9.17) is 14.2 Å². The van der Waals surface area contributed by atoms with Crippen LogP contribution in [-0.2, 0) is 6.54 Å². The third-order valence-electron chi connectivity index (χ3n) is 4.12. The van der Waals surface area contributed by atoms with Crippen molar-refractivity contribution >= 4 is 28.3 Å².